The molecule has 12 heavy (non-hydrogen) atoms. The molecule has 0 fully saturated rings. The van der Waals surface area contributed by atoms with Crippen LogP contribution in [0.5, 0.6) is 0 Å². The average Bonchev–Trinajstić information content (AvgIpc) is 2.00. The van der Waals surface area contributed by atoms with Crippen molar-refractivity contribution in [2.24, 2.45) is 11.3 Å². The van der Waals surface area contributed by atoms with Gasteiger partial charge in [0, 0.05) is 11.6 Å². The van der Waals surface area contributed by atoms with Gasteiger partial charge < -0.3 is 10.1 Å². The molecule has 0 saturated heterocycles. The lowest BCUT2D eigenvalue weighted by atomic mass is 9.97. The van der Waals surface area contributed by atoms with Crippen LogP contribution in [-0.4, -0.2) is 18.8 Å². The highest BCUT2D eigenvalue weighted by atomic mass is 16.5. The summed E-state index contributed by atoms with van der Waals surface area (Å²) in [5, 5.41) is 7.04. The second-order valence-electron chi connectivity index (χ2n) is 3.90. The lowest BCUT2D eigenvalue weighted by molar-refractivity contribution is -0.149. The lowest BCUT2D eigenvalue weighted by Gasteiger charge is -2.18. The number of hydrogen-bond donors (Lipinski definition) is 1. The molecule has 0 rings (SSSR count). The van der Waals surface area contributed by atoms with E-state index in [2.05, 4.69) is 0 Å². The maximum absolute atomic E-state index is 11.0. The average molecular weight is 171 g/mol. The molecule has 0 amide bonds. The van der Waals surface area contributed by atoms with Crippen molar-refractivity contribution in [1.82, 2.24) is 0 Å². The van der Waals surface area contributed by atoms with Crippen molar-refractivity contribution >= 4 is 12.2 Å². The van der Waals surface area contributed by atoms with Gasteiger partial charge in [0.05, 0.1) is 5.92 Å². The highest BCUT2D eigenvalue weighted by Crippen LogP contribution is 2.12. The van der Waals surface area contributed by atoms with Crippen molar-refractivity contribution < 1.29 is 9.53 Å². The molecule has 0 radical (unpaired) electrons. The predicted octanol–water partition coefficient (Wildman–Crippen LogP) is 1.86. The van der Waals surface area contributed by atoms with E-state index in [1.54, 1.807) is 13.8 Å². The van der Waals surface area contributed by atoms with Crippen molar-refractivity contribution in [3.05, 3.63) is 0 Å². The summed E-state index contributed by atoms with van der Waals surface area (Å²) in [4.78, 5) is 11.0. The molecule has 70 valence electrons. The Morgan fingerprint density at radius 2 is 2.08 bits per heavy atom. The van der Waals surface area contributed by atoms with Gasteiger partial charge in [-0.3, -0.25) is 4.79 Å². The molecule has 0 aliphatic carbocycles. The minimum atomic E-state index is -0.343. The fourth-order valence-corrected chi connectivity index (χ4v) is 0.465. The van der Waals surface area contributed by atoms with Gasteiger partial charge in [-0.2, -0.15) is 0 Å². The first-order valence-electron chi connectivity index (χ1n) is 4.07. The van der Waals surface area contributed by atoms with Crippen LogP contribution in [-0.2, 0) is 9.53 Å². The molecule has 1 N–H and O–H groups in total. The van der Waals surface area contributed by atoms with Crippen molar-refractivity contribution in [3.63, 3.8) is 0 Å². The van der Waals surface area contributed by atoms with E-state index in [9.17, 15) is 4.79 Å². The summed E-state index contributed by atoms with van der Waals surface area (Å²) >= 11 is 0. The van der Waals surface area contributed by atoms with Gasteiger partial charge in [0.1, 0.15) is 6.61 Å². The standard InChI is InChI=1S/C9H17NO2/c1-7(2)8(11)12-6-9(3,4)5-10/h5,7,10H,6H2,1-4H3. The minimum absolute atomic E-state index is 0.0912. The summed E-state index contributed by atoms with van der Waals surface area (Å²) in [6, 6.07) is 0. The molecule has 0 atom stereocenters. The fourth-order valence-electron chi connectivity index (χ4n) is 0.465. The molecule has 0 aliphatic heterocycles. The molecule has 3 heteroatoms. The molecule has 0 aliphatic rings. The summed E-state index contributed by atoms with van der Waals surface area (Å²) in [5.41, 5.74) is -0.343. The molecular formula is C9H17NO2. The summed E-state index contributed by atoms with van der Waals surface area (Å²) in [6.45, 7) is 7.58. The van der Waals surface area contributed by atoms with Gasteiger partial charge in [0.25, 0.3) is 0 Å². The van der Waals surface area contributed by atoms with E-state index in [1.807, 2.05) is 13.8 Å². The van der Waals surface area contributed by atoms with Crippen molar-refractivity contribution in [2.45, 2.75) is 27.7 Å². The third-order valence-electron chi connectivity index (χ3n) is 1.45. The van der Waals surface area contributed by atoms with E-state index >= 15 is 0 Å². The number of hydrogen-bond acceptors (Lipinski definition) is 3. The van der Waals surface area contributed by atoms with Crippen LogP contribution < -0.4 is 0 Å². The van der Waals surface area contributed by atoms with E-state index in [0.717, 1.165) is 0 Å². The fraction of sp³-hybridized carbons (Fsp3) is 0.778. The number of carbonyl (C=O) groups excluding carboxylic acids is 1. The molecule has 0 unspecified atom stereocenters. The van der Waals surface area contributed by atoms with Crippen LogP contribution in [0.4, 0.5) is 0 Å². The number of rotatable bonds is 4. The van der Waals surface area contributed by atoms with Crippen molar-refractivity contribution in [2.75, 3.05) is 6.61 Å². The van der Waals surface area contributed by atoms with Gasteiger partial charge >= 0.3 is 5.97 Å². The second-order valence-corrected chi connectivity index (χ2v) is 3.90. The molecular weight excluding hydrogens is 154 g/mol. The van der Waals surface area contributed by atoms with Crippen LogP contribution in [0.3, 0.4) is 0 Å². The summed E-state index contributed by atoms with van der Waals surface area (Å²) < 4.78 is 4.97. The van der Waals surface area contributed by atoms with Gasteiger partial charge in [0.15, 0.2) is 0 Å². The van der Waals surface area contributed by atoms with Crippen LogP contribution >= 0.6 is 0 Å². The Morgan fingerprint density at radius 3 is 2.42 bits per heavy atom. The van der Waals surface area contributed by atoms with E-state index in [1.165, 1.54) is 6.21 Å². The van der Waals surface area contributed by atoms with Gasteiger partial charge in [0.2, 0.25) is 0 Å². The van der Waals surface area contributed by atoms with E-state index in [4.69, 9.17) is 10.1 Å². The number of ether oxygens (including phenoxy) is 1. The topological polar surface area (TPSA) is 50.2 Å². The Morgan fingerprint density at radius 1 is 1.58 bits per heavy atom. The normalized spacial score (nSPS) is 11.4. The smallest absolute Gasteiger partial charge is 0.308 e. The first-order valence-corrected chi connectivity index (χ1v) is 4.07. The lowest BCUT2D eigenvalue weighted by Crippen LogP contribution is -2.24. The quantitative estimate of drug-likeness (QED) is 0.518. The van der Waals surface area contributed by atoms with Crippen LogP contribution in [0.1, 0.15) is 27.7 Å². The summed E-state index contributed by atoms with van der Waals surface area (Å²) in [5.74, 6) is -0.295. The van der Waals surface area contributed by atoms with Gasteiger partial charge in [-0.25, -0.2) is 0 Å². The Labute approximate surface area is 73.6 Å². The van der Waals surface area contributed by atoms with Crippen LogP contribution in [0.2, 0.25) is 0 Å². The Bertz CT molecular complexity index is 173. The molecule has 0 heterocycles. The summed E-state index contributed by atoms with van der Waals surface area (Å²) in [6.07, 6.45) is 1.29. The Kier molecular flexibility index (Phi) is 3.93. The largest absolute Gasteiger partial charge is 0.465 e. The third kappa shape index (κ3) is 4.11. The van der Waals surface area contributed by atoms with Crippen LogP contribution in [0, 0.1) is 16.7 Å². The summed E-state index contributed by atoms with van der Waals surface area (Å²) in [7, 11) is 0. The second kappa shape index (κ2) is 4.24. The molecule has 3 nitrogen and oxygen atoms in total. The van der Waals surface area contributed by atoms with Crippen molar-refractivity contribution in [1.29, 1.82) is 5.41 Å². The van der Waals surface area contributed by atoms with E-state index < -0.39 is 0 Å². The zero-order valence-electron chi connectivity index (χ0n) is 8.18. The molecule has 0 bridgehead atoms. The first-order chi connectivity index (χ1) is 5.39. The monoisotopic (exact) mass is 171 g/mol. The first kappa shape index (κ1) is 11.1. The molecule has 0 saturated carbocycles. The van der Waals surface area contributed by atoms with Crippen LogP contribution in [0.15, 0.2) is 0 Å². The Balaban J connectivity index is 3.83. The predicted molar refractivity (Wildman–Crippen MR) is 48.4 cm³/mol. The maximum Gasteiger partial charge on any atom is 0.308 e. The van der Waals surface area contributed by atoms with Gasteiger partial charge in [-0.15, -0.1) is 0 Å². The molecule has 0 aromatic carbocycles. The highest BCUT2D eigenvalue weighted by molar-refractivity contribution is 5.72. The maximum atomic E-state index is 11.0. The number of esters is 1. The van der Waals surface area contributed by atoms with E-state index in [0.29, 0.717) is 0 Å². The van der Waals surface area contributed by atoms with Crippen LogP contribution in [0.25, 0.3) is 0 Å². The van der Waals surface area contributed by atoms with Gasteiger partial charge in [-0.1, -0.05) is 27.7 Å². The molecule has 0 aromatic heterocycles. The Hall–Kier alpha value is -0.860. The van der Waals surface area contributed by atoms with Gasteiger partial charge in [-0.05, 0) is 0 Å². The number of carbonyl (C=O) groups is 1. The zero-order chi connectivity index (χ0) is 9.78. The zero-order valence-corrected chi connectivity index (χ0v) is 8.18. The minimum Gasteiger partial charge on any atom is -0.465 e. The van der Waals surface area contributed by atoms with Crippen molar-refractivity contribution in [3.8, 4) is 0 Å². The molecule has 0 spiro atoms. The number of nitrogens with one attached hydrogen (secondary N) is 1. The molecule has 0 aromatic rings. The SMILES string of the molecule is CC(C)C(=O)OCC(C)(C)C=N. The highest BCUT2D eigenvalue weighted by Gasteiger charge is 2.18. The van der Waals surface area contributed by atoms with E-state index in [-0.39, 0.29) is 23.9 Å². The third-order valence-corrected chi connectivity index (χ3v) is 1.45.